The van der Waals surface area contributed by atoms with Gasteiger partial charge in [0, 0.05) is 24.9 Å². The number of amides is 1. The molecule has 4 aromatic rings. The van der Waals surface area contributed by atoms with E-state index in [1.165, 1.54) is 43.8 Å². The molecule has 1 fully saturated rings. The summed E-state index contributed by atoms with van der Waals surface area (Å²) in [7, 11) is 1.99. The summed E-state index contributed by atoms with van der Waals surface area (Å²) in [5.41, 5.74) is 5.58. The zero-order chi connectivity index (χ0) is 21.2. The molecule has 4 aromatic carbocycles. The molecule has 0 saturated carbocycles. The Balaban J connectivity index is 1.56. The highest BCUT2D eigenvalue weighted by molar-refractivity contribution is 6.12. The number of carbonyl (C=O) groups is 1. The van der Waals surface area contributed by atoms with Crippen molar-refractivity contribution in [2.45, 2.75) is 44.1 Å². The molecule has 0 spiro atoms. The monoisotopic (exact) mass is 405 g/mol. The molecule has 0 unspecified atom stereocenters. The predicted octanol–water partition coefficient (Wildman–Crippen LogP) is 6.48. The van der Waals surface area contributed by atoms with Gasteiger partial charge >= 0.3 is 0 Å². The standard InChI is InChI=1S/C29H27NO/c1-29-16-15-27(31)30(2)26(29)14-12-21-18-22(11-13-25(21)29)28-23-9-5-3-7-19(23)17-20-8-4-6-10-24(20)28/h3-11,13,17-18,26H,12,14-16H2,1-2H3/t26-,29-/m1/s1. The quantitative estimate of drug-likeness (QED) is 0.332. The second-order valence-corrected chi connectivity index (χ2v) is 9.54. The molecule has 31 heavy (non-hydrogen) atoms. The highest BCUT2D eigenvalue weighted by Gasteiger charge is 2.46. The van der Waals surface area contributed by atoms with Crippen LogP contribution in [0, 0.1) is 0 Å². The number of likely N-dealkylation sites (tertiary alicyclic amines) is 1. The van der Waals surface area contributed by atoms with E-state index in [4.69, 9.17) is 0 Å². The van der Waals surface area contributed by atoms with Crippen LogP contribution >= 0.6 is 0 Å². The summed E-state index contributed by atoms with van der Waals surface area (Å²) in [5.74, 6) is 0.296. The van der Waals surface area contributed by atoms with Crippen LogP contribution in [0.4, 0.5) is 0 Å². The van der Waals surface area contributed by atoms with Gasteiger partial charge in [-0.2, -0.15) is 0 Å². The topological polar surface area (TPSA) is 20.3 Å². The van der Waals surface area contributed by atoms with Crippen LogP contribution in [-0.4, -0.2) is 23.9 Å². The maximum absolute atomic E-state index is 12.3. The third-order valence-corrected chi connectivity index (χ3v) is 7.92. The molecule has 1 amide bonds. The Morgan fingerprint density at radius 1 is 0.871 bits per heavy atom. The Kier molecular flexibility index (Phi) is 4.02. The lowest BCUT2D eigenvalue weighted by atomic mass is 9.63. The first-order valence-electron chi connectivity index (χ1n) is 11.4. The summed E-state index contributed by atoms with van der Waals surface area (Å²) in [5, 5.41) is 5.19. The molecule has 0 radical (unpaired) electrons. The number of hydrogen-bond donors (Lipinski definition) is 0. The maximum atomic E-state index is 12.3. The second kappa shape index (κ2) is 6.68. The number of hydrogen-bond acceptors (Lipinski definition) is 1. The van der Waals surface area contributed by atoms with Gasteiger partial charge in [0.25, 0.3) is 0 Å². The molecule has 1 aliphatic heterocycles. The van der Waals surface area contributed by atoms with Crippen LogP contribution < -0.4 is 0 Å². The van der Waals surface area contributed by atoms with E-state index in [1.807, 2.05) is 11.9 Å². The lowest BCUT2D eigenvalue weighted by Gasteiger charge is -2.50. The van der Waals surface area contributed by atoms with Crippen LogP contribution in [0.3, 0.4) is 0 Å². The van der Waals surface area contributed by atoms with Crippen LogP contribution in [0.2, 0.25) is 0 Å². The first-order valence-corrected chi connectivity index (χ1v) is 11.4. The van der Waals surface area contributed by atoms with Gasteiger partial charge < -0.3 is 4.90 Å². The van der Waals surface area contributed by atoms with Gasteiger partial charge in [0.2, 0.25) is 5.91 Å². The van der Waals surface area contributed by atoms with E-state index in [9.17, 15) is 4.79 Å². The van der Waals surface area contributed by atoms with Crippen LogP contribution in [0.15, 0.2) is 72.8 Å². The molecule has 0 N–H and O–H groups in total. The van der Waals surface area contributed by atoms with E-state index >= 15 is 0 Å². The lowest BCUT2D eigenvalue weighted by Crippen LogP contribution is -2.56. The third-order valence-electron chi connectivity index (χ3n) is 7.92. The second-order valence-electron chi connectivity index (χ2n) is 9.54. The SMILES string of the molecule is CN1C(=O)CC[C@]2(C)c3ccc(-c4c5ccccc5cc5ccccc45)cc3CC[C@@H]12. The molecule has 1 saturated heterocycles. The Labute approximate surface area is 183 Å². The number of rotatable bonds is 1. The Bertz CT molecular complexity index is 1300. The largest absolute Gasteiger partial charge is 0.342 e. The summed E-state index contributed by atoms with van der Waals surface area (Å²) >= 11 is 0. The third kappa shape index (κ3) is 2.67. The first kappa shape index (κ1) is 18.6. The Morgan fingerprint density at radius 2 is 1.55 bits per heavy atom. The molecule has 154 valence electrons. The van der Waals surface area contributed by atoms with Gasteiger partial charge in [0.15, 0.2) is 0 Å². The summed E-state index contributed by atoms with van der Waals surface area (Å²) in [6, 6.07) is 27.2. The summed E-state index contributed by atoms with van der Waals surface area (Å²) < 4.78 is 0. The number of benzene rings is 4. The smallest absolute Gasteiger partial charge is 0.222 e. The summed E-state index contributed by atoms with van der Waals surface area (Å²) in [6.07, 6.45) is 3.68. The van der Waals surface area contributed by atoms with Gasteiger partial charge in [0.1, 0.15) is 0 Å². The number of likely N-dealkylation sites (N-methyl/N-ethyl adjacent to an activating group) is 1. The molecule has 2 aliphatic rings. The Morgan fingerprint density at radius 3 is 2.26 bits per heavy atom. The highest BCUT2D eigenvalue weighted by Crippen LogP contribution is 2.47. The number of aryl methyl sites for hydroxylation is 1. The molecule has 2 heteroatoms. The summed E-state index contributed by atoms with van der Waals surface area (Å²) in [6.45, 7) is 2.37. The van der Waals surface area contributed by atoms with Gasteiger partial charge in [0.05, 0.1) is 0 Å². The van der Waals surface area contributed by atoms with Gasteiger partial charge in [-0.1, -0.05) is 73.7 Å². The summed E-state index contributed by atoms with van der Waals surface area (Å²) in [4.78, 5) is 14.3. The molecule has 6 rings (SSSR count). The zero-order valence-corrected chi connectivity index (χ0v) is 18.2. The average Bonchev–Trinajstić information content (AvgIpc) is 2.80. The van der Waals surface area contributed by atoms with Gasteiger partial charge in [-0.15, -0.1) is 0 Å². The van der Waals surface area contributed by atoms with Crippen molar-refractivity contribution in [2.75, 3.05) is 7.05 Å². The molecule has 0 aromatic heterocycles. The number of piperidine rings is 1. The average molecular weight is 406 g/mol. The van der Waals surface area contributed by atoms with Crippen LogP contribution in [0.1, 0.15) is 37.3 Å². The fourth-order valence-electron chi connectivity index (χ4n) is 6.27. The molecular weight excluding hydrogens is 378 g/mol. The number of fused-ring (bicyclic) bond motifs is 5. The van der Waals surface area contributed by atoms with Gasteiger partial charge in [-0.05, 0) is 69.1 Å². The van der Waals surface area contributed by atoms with E-state index in [0.29, 0.717) is 18.4 Å². The van der Waals surface area contributed by atoms with Crippen LogP contribution in [-0.2, 0) is 16.6 Å². The fraction of sp³-hybridized carbons (Fsp3) is 0.276. The minimum absolute atomic E-state index is 0.0512. The van der Waals surface area contributed by atoms with Crippen molar-refractivity contribution in [1.29, 1.82) is 0 Å². The predicted molar refractivity (Wildman–Crippen MR) is 128 cm³/mol. The molecule has 2 nitrogen and oxygen atoms in total. The lowest BCUT2D eigenvalue weighted by molar-refractivity contribution is -0.138. The normalized spacial score (nSPS) is 23.1. The van der Waals surface area contributed by atoms with E-state index < -0.39 is 0 Å². The van der Waals surface area contributed by atoms with Crippen molar-refractivity contribution in [3.05, 3.63) is 83.9 Å². The van der Waals surface area contributed by atoms with Crippen molar-refractivity contribution in [2.24, 2.45) is 0 Å². The van der Waals surface area contributed by atoms with Crippen molar-refractivity contribution < 1.29 is 4.79 Å². The molecular formula is C29H27NO. The highest BCUT2D eigenvalue weighted by atomic mass is 16.2. The van der Waals surface area contributed by atoms with Crippen LogP contribution in [0.5, 0.6) is 0 Å². The molecule has 2 atom stereocenters. The zero-order valence-electron chi connectivity index (χ0n) is 18.2. The van der Waals surface area contributed by atoms with E-state index in [1.54, 1.807) is 0 Å². The molecule has 0 bridgehead atoms. The van der Waals surface area contributed by atoms with Gasteiger partial charge in [-0.3, -0.25) is 4.79 Å². The molecule has 1 heterocycles. The van der Waals surface area contributed by atoms with Crippen molar-refractivity contribution >= 4 is 27.5 Å². The van der Waals surface area contributed by atoms with Crippen molar-refractivity contribution in [3.8, 4) is 11.1 Å². The number of carbonyl (C=O) groups excluding carboxylic acids is 1. The minimum atomic E-state index is 0.0512. The van der Waals surface area contributed by atoms with E-state index in [2.05, 4.69) is 79.7 Å². The number of nitrogens with zero attached hydrogens (tertiary/aromatic N) is 1. The van der Waals surface area contributed by atoms with Crippen molar-refractivity contribution in [1.82, 2.24) is 4.90 Å². The van der Waals surface area contributed by atoms with Crippen molar-refractivity contribution in [3.63, 3.8) is 0 Å². The van der Waals surface area contributed by atoms with E-state index in [-0.39, 0.29) is 5.41 Å². The van der Waals surface area contributed by atoms with Gasteiger partial charge in [-0.25, -0.2) is 0 Å². The fourth-order valence-corrected chi connectivity index (χ4v) is 6.27. The minimum Gasteiger partial charge on any atom is -0.342 e. The van der Waals surface area contributed by atoms with Crippen LogP contribution in [0.25, 0.3) is 32.7 Å². The van der Waals surface area contributed by atoms with E-state index in [0.717, 1.165) is 19.3 Å². The first-order chi connectivity index (χ1) is 15.1. The Hall–Kier alpha value is -3.13. The molecule has 1 aliphatic carbocycles. The maximum Gasteiger partial charge on any atom is 0.222 e.